The van der Waals surface area contributed by atoms with E-state index >= 15 is 0 Å². The summed E-state index contributed by atoms with van der Waals surface area (Å²) in [6.07, 6.45) is 8.76. The number of hydrogen-bond acceptors (Lipinski definition) is 4. The van der Waals surface area contributed by atoms with E-state index in [9.17, 15) is 14.9 Å². The Kier molecular flexibility index (Phi) is 6.44. The van der Waals surface area contributed by atoms with E-state index in [0.717, 1.165) is 37.1 Å². The fourth-order valence-electron chi connectivity index (χ4n) is 3.92. The Hall–Kier alpha value is -2.70. The van der Waals surface area contributed by atoms with Crippen LogP contribution in [0.4, 0.5) is 5.69 Å². The molecule has 1 aliphatic carbocycles. The van der Waals surface area contributed by atoms with Gasteiger partial charge in [-0.3, -0.25) is 25.0 Å². The Labute approximate surface area is 164 Å². The number of aromatic nitrogens is 2. The number of aliphatic imine (C=N–C) groups is 1. The molecule has 3 rings (SSSR count). The lowest BCUT2D eigenvalue weighted by Gasteiger charge is -2.10. The molecule has 0 amide bonds. The number of aromatic amines is 1. The van der Waals surface area contributed by atoms with Crippen molar-refractivity contribution >= 4 is 11.4 Å². The van der Waals surface area contributed by atoms with Crippen molar-refractivity contribution in [2.45, 2.75) is 71.3 Å². The second-order valence-electron chi connectivity index (χ2n) is 7.49. The zero-order chi connectivity index (χ0) is 20.1. The molecule has 2 aromatic rings. The molecule has 150 valence electrons. The van der Waals surface area contributed by atoms with Crippen LogP contribution < -0.4 is 5.56 Å². The molecule has 28 heavy (non-hydrogen) atoms. The Morgan fingerprint density at radius 2 is 1.86 bits per heavy atom. The predicted molar refractivity (Wildman–Crippen MR) is 111 cm³/mol. The fraction of sp³-hybridized carbons (Fsp3) is 0.524. The van der Waals surface area contributed by atoms with Crippen LogP contribution in [0.3, 0.4) is 0 Å². The Morgan fingerprint density at radius 3 is 2.43 bits per heavy atom. The zero-order valence-electron chi connectivity index (χ0n) is 16.6. The van der Waals surface area contributed by atoms with Crippen LogP contribution in [0, 0.1) is 10.1 Å². The van der Waals surface area contributed by atoms with E-state index in [1.165, 1.54) is 42.5 Å². The molecule has 1 heterocycles. The summed E-state index contributed by atoms with van der Waals surface area (Å²) in [6.45, 7) is 4.00. The van der Waals surface area contributed by atoms with Gasteiger partial charge < -0.3 is 0 Å². The second-order valence-corrected chi connectivity index (χ2v) is 7.49. The summed E-state index contributed by atoms with van der Waals surface area (Å²) in [4.78, 5) is 28.5. The average molecular weight is 384 g/mol. The number of rotatable bonds is 6. The number of nitro groups is 1. The highest BCUT2D eigenvalue weighted by atomic mass is 16.6. The lowest BCUT2D eigenvalue weighted by atomic mass is 10.1. The molecule has 1 aliphatic rings. The van der Waals surface area contributed by atoms with Gasteiger partial charge in [-0.05, 0) is 38.3 Å². The van der Waals surface area contributed by atoms with E-state index in [2.05, 4.69) is 12.0 Å². The van der Waals surface area contributed by atoms with E-state index in [-0.39, 0.29) is 11.2 Å². The molecule has 1 saturated carbocycles. The van der Waals surface area contributed by atoms with Crippen molar-refractivity contribution in [2.24, 2.45) is 4.99 Å². The third kappa shape index (κ3) is 4.40. The topological polar surface area (TPSA) is 93.3 Å². The van der Waals surface area contributed by atoms with Crippen LogP contribution in [0.2, 0.25) is 0 Å². The lowest BCUT2D eigenvalue weighted by molar-refractivity contribution is -0.384. The van der Waals surface area contributed by atoms with Gasteiger partial charge in [-0.1, -0.05) is 39.0 Å². The van der Waals surface area contributed by atoms with Gasteiger partial charge >= 0.3 is 0 Å². The van der Waals surface area contributed by atoms with Crippen molar-refractivity contribution in [3.05, 3.63) is 56.0 Å². The van der Waals surface area contributed by atoms with Gasteiger partial charge in [-0.2, -0.15) is 0 Å². The summed E-state index contributed by atoms with van der Waals surface area (Å²) < 4.78 is 1.47. The normalized spacial score (nSPS) is 16.1. The number of hydrogen-bond donors (Lipinski definition) is 1. The molecule has 1 N–H and O–H groups in total. The molecule has 0 saturated heterocycles. The van der Waals surface area contributed by atoms with Crippen LogP contribution in [0.25, 0.3) is 5.69 Å². The minimum Gasteiger partial charge on any atom is -0.294 e. The zero-order valence-corrected chi connectivity index (χ0v) is 16.6. The number of non-ortho nitro benzene ring substituents is 1. The van der Waals surface area contributed by atoms with Gasteiger partial charge in [-0.15, -0.1) is 0 Å². The number of nitrogens with zero attached hydrogens (tertiary/aromatic N) is 3. The summed E-state index contributed by atoms with van der Waals surface area (Å²) >= 11 is 0. The summed E-state index contributed by atoms with van der Waals surface area (Å²) in [7, 11) is 0. The summed E-state index contributed by atoms with van der Waals surface area (Å²) in [5.74, 6) is 0. The Balaban J connectivity index is 1.98. The molecule has 7 heteroatoms. The largest absolute Gasteiger partial charge is 0.294 e. The van der Waals surface area contributed by atoms with Crippen LogP contribution in [0.15, 0.2) is 34.1 Å². The molecule has 0 spiro atoms. The SMILES string of the molecule is CCCc1[nH]n(-c2ccc([N+](=O)[O-])cc2)c(=O)c1C(C)=NC1CCCCCC1. The number of H-pyrrole nitrogens is 1. The highest BCUT2D eigenvalue weighted by Crippen LogP contribution is 2.21. The van der Waals surface area contributed by atoms with Crippen LogP contribution in [0.1, 0.15) is 70.1 Å². The van der Waals surface area contributed by atoms with Gasteiger partial charge in [0.25, 0.3) is 11.2 Å². The first-order chi connectivity index (χ1) is 13.5. The van der Waals surface area contributed by atoms with Crippen LogP contribution in [-0.2, 0) is 6.42 Å². The third-order valence-corrected chi connectivity index (χ3v) is 5.35. The minimum absolute atomic E-state index is 0.00321. The molecule has 0 atom stereocenters. The van der Waals surface area contributed by atoms with E-state index in [1.807, 2.05) is 6.92 Å². The van der Waals surface area contributed by atoms with Gasteiger partial charge in [0.15, 0.2) is 0 Å². The summed E-state index contributed by atoms with van der Waals surface area (Å²) in [5, 5.41) is 14.1. The summed E-state index contributed by atoms with van der Waals surface area (Å²) in [5.41, 5.74) is 2.75. The average Bonchev–Trinajstić information content (AvgIpc) is 2.83. The van der Waals surface area contributed by atoms with Crippen molar-refractivity contribution in [1.29, 1.82) is 0 Å². The third-order valence-electron chi connectivity index (χ3n) is 5.35. The molecule has 1 aromatic heterocycles. The predicted octanol–water partition coefficient (Wildman–Crippen LogP) is 4.56. The molecule has 0 bridgehead atoms. The smallest absolute Gasteiger partial charge is 0.280 e. The molecule has 1 aromatic carbocycles. The van der Waals surface area contributed by atoms with Crippen molar-refractivity contribution in [2.75, 3.05) is 0 Å². The first-order valence-corrected chi connectivity index (χ1v) is 10.1. The second kappa shape index (κ2) is 8.99. The number of benzene rings is 1. The van der Waals surface area contributed by atoms with Gasteiger partial charge in [-0.25, -0.2) is 4.68 Å². The Morgan fingerprint density at radius 1 is 1.21 bits per heavy atom. The van der Waals surface area contributed by atoms with Crippen LogP contribution >= 0.6 is 0 Å². The molecular formula is C21H28N4O3. The molecule has 0 unspecified atom stereocenters. The maximum atomic E-state index is 13.2. The standard InChI is InChI=1S/C21H28N4O3/c1-3-8-19-20(15(2)22-16-9-6-4-5-7-10-16)21(26)24(23-19)17-11-13-18(14-12-17)25(27)28/h11-14,16,23H,3-10H2,1-2H3. The lowest BCUT2D eigenvalue weighted by Crippen LogP contribution is -2.21. The van der Waals surface area contributed by atoms with Crippen LogP contribution in [0.5, 0.6) is 0 Å². The number of nitrogens with one attached hydrogen (secondary N) is 1. The maximum absolute atomic E-state index is 13.2. The molecule has 7 nitrogen and oxygen atoms in total. The van der Waals surface area contributed by atoms with Crippen molar-refractivity contribution in [1.82, 2.24) is 9.78 Å². The molecule has 0 radical (unpaired) electrons. The van der Waals surface area contributed by atoms with Crippen LogP contribution in [-0.4, -0.2) is 26.5 Å². The molecule has 1 fully saturated rings. The van der Waals surface area contributed by atoms with Gasteiger partial charge in [0.2, 0.25) is 0 Å². The van der Waals surface area contributed by atoms with Gasteiger partial charge in [0.05, 0.1) is 22.2 Å². The number of nitro benzene ring substituents is 1. The first kappa shape index (κ1) is 20.0. The van der Waals surface area contributed by atoms with Gasteiger partial charge in [0, 0.05) is 23.5 Å². The van der Waals surface area contributed by atoms with E-state index < -0.39 is 4.92 Å². The van der Waals surface area contributed by atoms with Crippen molar-refractivity contribution in [3.63, 3.8) is 0 Å². The highest BCUT2D eigenvalue weighted by Gasteiger charge is 2.19. The summed E-state index contributed by atoms with van der Waals surface area (Å²) in [6, 6.07) is 6.29. The van der Waals surface area contributed by atoms with E-state index in [1.54, 1.807) is 12.1 Å². The van der Waals surface area contributed by atoms with E-state index in [4.69, 9.17) is 4.99 Å². The molecule has 0 aliphatic heterocycles. The van der Waals surface area contributed by atoms with Crippen molar-refractivity contribution in [3.8, 4) is 5.69 Å². The monoisotopic (exact) mass is 384 g/mol. The highest BCUT2D eigenvalue weighted by molar-refractivity contribution is 5.99. The quantitative estimate of drug-likeness (QED) is 0.342. The maximum Gasteiger partial charge on any atom is 0.280 e. The number of aryl methyl sites for hydroxylation is 1. The fourth-order valence-corrected chi connectivity index (χ4v) is 3.92. The minimum atomic E-state index is -0.446. The van der Waals surface area contributed by atoms with Crippen molar-refractivity contribution < 1.29 is 4.92 Å². The van der Waals surface area contributed by atoms with E-state index in [0.29, 0.717) is 17.3 Å². The first-order valence-electron chi connectivity index (χ1n) is 10.1. The van der Waals surface area contributed by atoms with Gasteiger partial charge in [0.1, 0.15) is 0 Å². The Bertz CT molecular complexity index is 901. The molecular weight excluding hydrogens is 356 g/mol.